The molecule has 5 aliphatic rings. The molecule has 0 spiro atoms. The van der Waals surface area contributed by atoms with Crippen LogP contribution in [0.1, 0.15) is 100 Å². The molecule has 10 atom stereocenters. The molecule has 0 aromatic carbocycles. The highest BCUT2D eigenvalue weighted by atomic mass is 16.6. The Kier molecular flexibility index (Phi) is 5.44. The van der Waals surface area contributed by atoms with E-state index in [1.165, 1.54) is 12.8 Å². The molecular weight excluding hydrogens is 424 g/mol. The van der Waals surface area contributed by atoms with E-state index in [2.05, 4.69) is 61.5 Å². The number of ether oxygens (including phenoxy) is 1. The van der Waals surface area contributed by atoms with E-state index < -0.39 is 6.10 Å². The molecule has 4 nitrogen and oxygen atoms in total. The molecule has 1 heterocycles. The number of carbonyl (C=O) groups is 1. The van der Waals surface area contributed by atoms with Crippen molar-refractivity contribution >= 4 is 5.78 Å². The number of allylic oxidation sites excluding steroid dienone is 2. The smallest absolute Gasteiger partial charge is 0.141 e. The summed E-state index contributed by atoms with van der Waals surface area (Å²) in [5.74, 6) is 1.80. The maximum Gasteiger partial charge on any atom is 0.141 e. The molecule has 1 saturated heterocycles. The molecule has 34 heavy (non-hydrogen) atoms. The second-order valence-corrected chi connectivity index (χ2v) is 14.6. The van der Waals surface area contributed by atoms with Crippen LogP contribution in [0.15, 0.2) is 11.6 Å². The number of aliphatic hydroxyl groups excluding tert-OH is 2. The molecule has 0 amide bonds. The Bertz CT molecular complexity index is 903. The summed E-state index contributed by atoms with van der Waals surface area (Å²) in [6.45, 7) is 18.0. The molecule has 192 valence electrons. The molecule has 1 aliphatic heterocycles. The summed E-state index contributed by atoms with van der Waals surface area (Å²) in [5.41, 5.74) is 1.10. The normalized spacial score (nSPS) is 50.5. The monoisotopic (exact) mass is 472 g/mol. The van der Waals surface area contributed by atoms with E-state index in [4.69, 9.17) is 4.74 Å². The molecule has 4 aliphatic carbocycles. The Hall–Kier alpha value is -0.710. The molecule has 2 N–H and O–H groups in total. The van der Waals surface area contributed by atoms with Gasteiger partial charge in [0.2, 0.25) is 0 Å². The van der Waals surface area contributed by atoms with Crippen molar-refractivity contribution < 1.29 is 19.7 Å². The molecule has 0 unspecified atom stereocenters. The van der Waals surface area contributed by atoms with Crippen LogP contribution in [-0.4, -0.2) is 39.9 Å². The maximum atomic E-state index is 12.9. The fourth-order valence-electron chi connectivity index (χ4n) is 9.94. The Morgan fingerprint density at radius 3 is 2.35 bits per heavy atom. The first-order valence-corrected chi connectivity index (χ1v) is 13.9. The van der Waals surface area contributed by atoms with Crippen molar-refractivity contribution in [3.63, 3.8) is 0 Å². The van der Waals surface area contributed by atoms with Gasteiger partial charge in [-0.25, -0.2) is 0 Å². The van der Waals surface area contributed by atoms with Gasteiger partial charge in [0.1, 0.15) is 11.9 Å². The van der Waals surface area contributed by atoms with Crippen LogP contribution in [0, 0.1) is 45.3 Å². The van der Waals surface area contributed by atoms with E-state index in [0.717, 1.165) is 25.7 Å². The molecule has 3 saturated carbocycles. The third-order valence-electron chi connectivity index (χ3n) is 12.5. The molecular formula is C30H48O4. The minimum Gasteiger partial charge on any atom is -0.392 e. The topological polar surface area (TPSA) is 70.1 Å². The van der Waals surface area contributed by atoms with E-state index >= 15 is 0 Å². The first-order chi connectivity index (χ1) is 15.6. The summed E-state index contributed by atoms with van der Waals surface area (Å²) in [6.07, 6.45) is 8.19. The Morgan fingerprint density at radius 2 is 1.74 bits per heavy atom. The zero-order valence-corrected chi connectivity index (χ0v) is 22.8. The summed E-state index contributed by atoms with van der Waals surface area (Å²) < 4.78 is 5.74. The fourth-order valence-corrected chi connectivity index (χ4v) is 9.94. The number of Topliss-reactive ketones (excluding diaryl/α,β-unsaturated/α-hetero) is 1. The highest BCUT2D eigenvalue weighted by Crippen LogP contribution is 2.73. The van der Waals surface area contributed by atoms with Crippen LogP contribution < -0.4 is 0 Å². The van der Waals surface area contributed by atoms with E-state index in [1.54, 1.807) is 5.57 Å². The zero-order valence-electron chi connectivity index (χ0n) is 22.8. The third-order valence-corrected chi connectivity index (χ3v) is 12.5. The first kappa shape index (κ1) is 25.0. The van der Waals surface area contributed by atoms with Gasteiger partial charge in [-0.1, -0.05) is 53.2 Å². The Balaban J connectivity index is 1.43. The molecule has 0 radical (unpaired) electrons. The van der Waals surface area contributed by atoms with Crippen LogP contribution in [0.2, 0.25) is 0 Å². The number of ketones is 1. The second-order valence-electron chi connectivity index (χ2n) is 14.6. The molecule has 5 rings (SSSR count). The minimum atomic E-state index is -0.548. The van der Waals surface area contributed by atoms with Crippen molar-refractivity contribution in [2.45, 2.75) is 124 Å². The van der Waals surface area contributed by atoms with Crippen molar-refractivity contribution in [3.05, 3.63) is 11.6 Å². The van der Waals surface area contributed by atoms with Crippen molar-refractivity contribution in [2.75, 3.05) is 0 Å². The molecule has 4 fully saturated rings. The number of hydrogen-bond acceptors (Lipinski definition) is 4. The first-order valence-electron chi connectivity index (χ1n) is 13.9. The largest absolute Gasteiger partial charge is 0.392 e. The van der Waals surface area contributed by atoms with Crippen molar-refractivity contribution in [1.82, 2.24) is 0 Å². The lowest BCUT2D eigenvalue weighted by Crippen LogP contribution is -2.62. The van der Waals surface area contributed by atoms with Gasteiger partial charge in [-0.05, 0) is 86.9 Å². The van der Waals surface area contributed by atoms with Gasteiger partial charge in [-0.15, -0.1) is 0 Å². The van der Waals surface area contributed by atoms with Gasteiger partial charge in [-0.3, -0.25) is 4.79 Å². The lowest BCUT2D eigenvalue weighted by molar-refractivity contribution is -0.168. The van der Waals surface area contributed by atoms with Crippen LogP contribution in [0.4, 0.5) is 0 Å². The van der Waals surface area contributed by atoms with E-state index in [1.807, 2.05) is 0 Å². The third kappa shape index (κ3) is 3.10. The van der Waals surface area contributed by atoms with E-state index in [-0.39, 0.29) is 51.2 Å². The van der Waals surface area contributed by atoms with E-state index in [0.29, 0.717) is 24.2 Å². The summed E-state index contributed by atoms with van der Waals surface area (Å²) >= 11 is 0. The second kappa shape index (κ2) is 7.42. The van der Waals surface area contributed by atoms with Gasteiger partial charge < -0.3 is 14.9 Å². The van der Waals surface area contributed by atoms with Crippen molar-refractivity contribution in [1.29, 1.82) is 0 Å². The van der Waals surface area contributed by atoms with Crippen LogP contribution in [0.3, 0.4) is 0 Å². The highest BCUT2D eigenvalue weighted by molar-refractivity contribution is 5.86. The lowest BCUT2D eigenvalue weighted by atomic mass is 9.40. The number of epoxide rings is 1. The number of carbonyl (C=O) groups excluding carboxylic acids is 1. The van der Waals surface area contributed by atoms with Crippen molar-refractivity contribution in [2.24, 2.45) is 45.3 Å². The number of aliphatic hydroxyl groups is 2. The van der Waals surface area contributed by atoms with Gasteiger partial charge in [0.25, 0.3) is 0 Å². The Morgan fingerprint density at radius 1 is 1.09 bits per heavy atom. The fraction of sp³-hybridized carbons (Fsp3) is 0.900. The summed E-state index contributed by atoms with van der Waals surface area (Å²) in [4.78, 5) is 12.9. The Labute approximate surface area is 206 Å². The van der Waals surface area contributed by atoms with Crippen LogP contribution in [-0.2, 0) is 9.53 Å². The highest BCUT2D eigenvalue weighted by Gasteiger charge is 2.67. The van der Waals surface area contributed by atoms with Gasteiger partial charge in [-0.2, -0.15) is 0 Å². The number of rotatable bonds is 4. The SMILES string of the molecule is C[C@@H](C[C@@H](O)[C@@H]1OC1(C)C)[C@@H]1CC[C@]2(C)C3=CC[C@H]4C(C)(C)C(=O)C[C@@H](O)[C@]4(C)[C@H]3CC[C@@]12C. The molecule has 0 bridgehead atoms. The van der Waals surface area contributed by atoms with E-state index in [9.17, 15) is 15.0 Å². The predicted molar refractivity (Wildman–Crippen MR) is 134 cm³/mol. The maximum absolute atomic E-state index is 12.9. The van der Waals surface area contributed by atoms with Gasteiger partial charge >= 0.3 is 0 Å². The number of hydrogen-bond donors (Lipinski definition) is 2. The standard InChI is InChI=1S/C30H48O4/c1-17(15-21(31)25-27(4,5)34-25)18-11-13-29(7)19-9-10-22-26(2,3)23(32)16-24(33)30(22,8)20(19)12-14-28(18,29)6/h9,17-18,20-22,24-25,31,33H,10-16H2,1-8H3/t17-,18-,20-,21+,22-,24+,25-,28-,29+,30+/m0/s1. The average molecular weight is 473 g/mol. The minimum absolute atomic E-state index is 0.0249. The summed E-state index contributed by atoms with van der Waals surface area (Å²) in [5, 5.41) is 22.2. The van der Waals surface area contributed by atoms with Crippen LogP contribution >= 0.6 is 0 Å². The molecule has 4 heteroatoms. The van der Waals surface area contributed by atoms with Crippen molar-refractivity contribution in [3.8, 4) is 0 Å². The number of fused-ring (bicyclic) bond motifs is 5. The summed E-state index contributed by atoms with van der Waals surface area (Å²) in [7, 11) is 0. The zero-order chi connectivity index (χ0) is 25.1. The molecule has 0 aromatic heterocycles. The predicted octanol–water partition coefficient (Wildman–Crippen LogP) is 5.70. The lowest BCUT2D eigenvalue weighted by Gasteiger charge is -2.64. The van der Waals surface area contributed by atoms with Crippen LogP contribution in [0.5, 0.6) is 0 Å². The quantitative estimate of drug-likeness (QED) is 0.407. The van der Waals surface area contributed by atoms with Gasteiger partial charge in [0.15, 0.2) is 0 Å². The van der Waals surface area contributed by atoms with Crippen LogP contribution in [0.25, 0.3) is 0 Å². The molecule has 0 aromatic rings. The van der Waals surface area contributed by atoms with Gasteiger partial charge in [0.05, 0.1) is 17.8 Å². The average Bonchev–Trinajstić information content (AvgIpc) is 3.28. The summed E-state index contributed by atoms with van der Waals surface area (Å²) in [6, 6.07) is 0. The van der Waals surface area contributed by atoms with Gasteiger partial charge in [0, 0.05) is 17.3 Å².